The quantitative estimate of drug-likeness (QED) is 0.852. The average Bonchev–Trinajstić information content (AvgIpc) is 2.29. The zero-order chi connectivity index (χ0) is 11.5. The lowest BCUT2D eigenvalue weighted by atomic mass is 10.1. The van der Waals surface area contributed by atoms with Crippen LogP contribution in [0.2, 0.25) is 0 Å². The van der Waals surface area contributed by atoms with Gasteiger partial charge in [-0.05, 0) is 18.4 Å². The van der Waals surface area contributed by atoms with E-state index in [1.165, 1.54) is 0 Å². The van der Waals surface area contributed by atoms with Crippen molar-refractivity contribution in [2.24, 2.45) is 5.73 Å². The van der Waals surface area contributed by atoms with Crippen LogP contribution in [0.5, 0.6) is 5.75 Å². The fourth-order valence-electron chi connectivity index (χ4n) is 1.55. The number of fused-ring (bicyclic) bond motifs is 1. The predicted molar refractivity (Wildman–Crippen MR) is 63.2 cm³/mol. The van der Waals surface area contributed by atoms with Crippen LogP contribution in [0.4, 0.5) is 0 Å². The molecule has 2 N–H and O–H groups in total. The molecule has 16 heavy (non-hydrogen) atoms. The second kappa shape index (κ2) is 4.23. The molecular formula is C13H13NO2. The Labute approximate surface area is 93.8 Å². The van der Waals surface area contributed by atoms with Crippen LogP contribution in [-0.2, 0) is 4.79 Å². The maximum atomic E-state index is 10.9. The van der Waals surface area contributed by atoms with Gasteiger partial charge in [0.25, 0.3) is 5.91 Å². The Balaban J connectivity index is 2.41. The highest BCUT2D eigenvalue weighted by molar-refractivity contribution is 5.88. The van der Waals surface area contributed by atoms with Crippen molar-refractivity contribution in [1.82, 2.24) is 0 Å². The average molecular weight is 215 g/mol. The molecule has 82 valence electrons. The second-order valence-corrected chi connectivity index (χ2v) is 3.64. The van der Waals surface area contributed by atoms with E-state index in [-0.39, 0.29) is 0 Å². The van der Waals surface area contributed by atoms with Crippen molar-refractivity contribution >= 4 is 16.7 Å². The minimum Gasteiger partial charge on any atom is -0.480 e. The molecule has 0 aliphatic carbocycles. The number of amides is 1. The van der Waals surface area contributed by atoms with Gasteiger partial charge in [0, 0.05) is 5.39 Å². The number of hydrogen-bond donors (Lipinski definition) is 1. The van der Waals surface area contributed by atoms with Crippen LogP contribution in [0, 0.1) is 0 Å². The van der Waals surface area contributed by atoms with Gasteiger partial charge in [-0.15, -0.1) is 0 Å². The Morgan fingerprint density at radius 2 is 1.88 bits per heavy atom. The Kier molecular flexibility index (Phi) is 2.77. The smallest absolute Gasteiger partial charge is 0.258 e. The predicted octanol–water partition coefficient (Wildman–Crippen LogP) is 2.09. The summed E-state index contributed by atoms with van der Waals surface area (Å²) in [6.07, 6.45) is -0.620. The second-order valence-electron chi connectivity index (χ2n) is 3.64. The first kappa shape index (κ1) is 10.5. The molecule has 3 heteroatoms. The van der Waals surface area contributed by atoms with Crippen molar-refractivity contribution in [3.8, 4) is 5.75 Å². The maximum Gasteiger partial charge on any atom is 0.258 e. The van der Waals surface area contributed by atoms with E-state index in [1.807, 2.05) is 42.5 Å². The van der Waals surface area contributed by atoms with Crippen molar-refractivity contribution < 1.29 is 9.53 Å². The summed E-state index contributed by atoms with van der Waals surface area (Å²) in [6, 6.07) is 13.6. The Hall–Kier alpha value is -2.03. The summed E-state index contributed by atoms with van der Waals surface area (Å²) < 4.78 is 5.51. The molecule has 2 rings (SSSR count). The summed E-state index contributed by atoms with van der Waals surface area (Å²) in [5.41, 5.74) is 5.16. The summed E-state index contributed by atoms with van der Waals surface area (Å²) in [5.74, 6) is 0.220. The van der Waals surface area contributed by atoms with Crippen LogP contribution >= 0.6 is 0 Å². The molecule has 0 aromatic heterocycles. The van der Waals surface area contributed by atoms with Crippen LogP contribution in [0.15, 0.2) is 42.5 Å². The molecule has 0 fully saturated rings. The molecule has 2 aromatic carbocycles. The summed E-state index contributed by atoms with van der Waals surface area (Å²) >= 11 is 0. The Morgan fingerprint density at radius 3 is 2.62 bits per heavy atom. The zero-order valence-corrected chi connectivity index (χ0v) is 9.01. The fourth-order valence-corrected chi connectivity index (χ4v) is 1.55. The van der Waals surface area contributed by atoms with E-state index in [1.54, 1.807) is 6.92 Å². The summed E-state index contributed by atoms with van der Waals surface area (Å²) in [6.45, 7) is 1.64. The number of hydrogen-bond acceptors (Lipinski definition) is 2. The highest BCUT2D eigenvalue weighted by Gasteiger charge is 2.11. The Bertz CT molecular complexity index is 517. The van der Waals surface area contributed by atoms with Gasteiger partial charge in [0.1, 0.15) is 5.75 Å². The topological polar surface area (TPSA) is 52.3 Å². The molecule has 0 spiro atoms. The molecule has 0 heterocycles. The number of rotatable bonds is 3. The molecule has 0 bridgehead atoms. The van der Waals surface area contributed by atoms with Crippen LogP contribution in [0.1, 0.15) is 6.92 Å². The molecular weight excluding hydrogens is 202 g/mol. The van der Waals surface area contributed by atoms with E-state index in [2.05, 4.69) is 0 Å². The molecule has 2 aromatic rings. The van der Waals surface area contributed by atoms with Crippen LogP contribution < -0.4 is 10.5 Å². The van der Waals surface area contributed by atoms with E-state index in [4.69, 9.17) is 10.5 Å². The van der Waals surface area contributed by atoms with Gasteiger partial charge in [-0.25, -0.2) is 0 Å². The zero-order valence-electron chi connectivity index (χ0n) is 9.01. The molecule has 0 unspecified atom stereocenters. The fraction of sp³-hybridized carbons (Fsp3) is 0.154. The van der Waals surface area contributed by atoms with Crippen molar-refractivity contribution in [2.75, 3.05) is 0 Å². The minimum atomic E-state index is -0.620. The van der Waals surface area contributed by atoms with E-state index in [0.717, 1.165) is 10.8 Å². The molecule has 1 atom stereocenters. The highest BCUT2D eigenvalue weighted by atomic mass is 16.5. The van der Waals surface area contributed by atoms with Gasteiger partial charge in [-0.2, -0.15) is 0 Å². The largest absolute Gasteiger partial charge is 0.480 e. The molecule has 0 saturated carbocycles. The van der Waals surface area contributed by atoms with E-state index in [0.29, 0.717) is 5.75 Å². The van der Waals surface area contributed by atoms with E-state index in [9.17, 15) is 4.79 Å². The first-order valence-electron chi connectivity index (χ1n) is 5.12. The molecule has 0 aliphatic rings. The van der Waals surface area contributed by atoms with Gasteiger partial charge in [0.15, 0.2) is 6.10 Å². The van der Waals surface area contributed by atoms with Crippen molar-refractivity contribution in [3.63, 3.8) is 0 Å². The van der Waals surface area contributed by atoms with Gasteiger partial charge in [0.2, 0.25) is 0 Å². The number of nitrogens with two attached hydrogens (primary N) is 1. The summed E-state index contributed by atoms with van der Waals surface area (Å²) in [7, 11) is 0. The first-order chi connectivity index (χ1) is 7.68. The summed E-state index contributed by atoms with van der Waals surface area (Å²) in [5, 5.41) is 2.06. The van der Waals surface area contributed by atoms with E-state index >= 15 is 0 Å². The number of primary amides is 1. The van der Waals surface area contributed by atoms with Crippen LogP contribution in [0.25, 0.3) is 10.8 Å². The highest BCUT2D eigenvalue weighted by Crippen LogP contribution is 2.25. The normalized spacial score (nSPS) is 12.3. The molecule has 1 amide bonds. The standard InChI is InChI=1S/C13H13NO2/c1-9(13(14)15)16-12-8-4-6-10-5-2-3-7-11(10)12/h2-9H,1H3,(H2,14,15)/t9-/m0/s1. The van der Waals surface area contributed by atoms with Gasteiger partial charge >= 0.3 is 0 Å². The van der Waals surface area contributed by atoms with Gasteiger partial charge in [-0.1, -0.05) is 36.4 Å². The molecule has 0 radical (unpaired) electrons. The van der Waals surface area contributed by atoms with Gasteiger partial charge < -0.3 is 10.5 Å². The lowest BCUT2D eigenvalue weighted by Gasteiger charge is -2.13. The number of carbonyl (C=O) groups is 1. The number of ether oxygens (including phenoxy) is 1. The van der Waals surface area contributed by atoms with E-state index < -0.39 is 12.0 Å². The monoisotopic (exact) mass is 215 g/mol. The van der Waals surface area contributed by atoms with Crippen molar-refractivity contribution in [2.45, 2.75) is 13.0 Å². The third-order valence-corrected chi connectivity index (χ3v) is 2.45. The SMILES string of the molecule is C[C@H](Oc1cccc2ccccc12)C(N)=O. The lowest BCUT2D eigenvalue weighted by molar-refractivity contribution is -0.123. The third-order valence-electron chi connectivity index (χ3n) is 2.45. The molecule has 0 saturated heterocycles. The number of carbonyl (C=O) groups excluding carboxylic acids is 1. The lowest BCUT2D eigenvalue weighted by Crippen LogP contribution is -2.30. The van der Waals surface area contributed by atoms with Crippen LogP contribution in [-0.4, -0.2) is 12.0 Å². The van der Waals surface area contributed by atoms with Crippen molar-refractivity contribution in [3.05, 3.63) is 42.5 Å². The first-order valence-corrected chi connectivity index (χ1v) is 5.12. The Morgan fingerprint density at radius 1 is 1.19 bits per heavy atom. The van der Waals surface area contributed by atoms with Gasteiger partial charge in [-0.3, -0.25) is 4.79 Å². The third kappa shape index (κ3) is 1.98. The summed E-state index contributed by atoms with van der Waals surface area (Å²) in [4.78, 5) is 10.9. The maximum absolute atomic E-state index is 10.9. The van der Waals surface area contributed by atoms with Crippen molar-refractivity contribution in [1.29, 1.82) is 0 Å². The molecule has 3 nitrogen and oxygen atoms in total. The molecule has 0 aliphatic heterocycles. The minimum absolute atomic E-state index is 0.465. The van der Waals surface area contributed by atoms with Crippen LogP contribution in [0.3, 0.4) is 0 Å². The van der Waals surface area contributed by atoms with Gasteiger partial charge in [0.05, 0.1) is 0 Å². The number of benzene rings is 2.